The van der Waals surface area contributed by atoms with Gasteiger partial charge in [0.2, 0.25) is 0 Å². The second-order valence-electron chi connectivity index (χ2n) is 5.02. The van der Waals surface area contributed by atoms with Gasteiger partial charge in [-0.2, -0.15) is 0 Å². The molecule has 0 spiro atoms. The van der Waals surface area contributed by atoms with Gasteiger partial charge in [0, 0.05) is 0 Å². The lowest BCUT2D eigenvalue weighted by Crippen LogP contribution is -2.22. The predicted octanol–water partition coefficient (Wildman–Crippen LogP) is 2.49. The van der Waals surface area contributed by atoms with Crippen LogP contribution in [0.3, 0.4) is 0 Å². The van der Waals surface area contributed by atoms with E-state index >= 15 is 0 Å². The van der Waals surface area contributed by atoms with Gasteiger partial charge in [-0.3, -0.25) is 10.1 Å². The molecule has 0 amide bonds. The average Bonchev–Trinajstić information content (AvgIpc) is 2.32. The van der Waals surface area contributed by atoms with E-state index in [0.29, 0.717) is 0 Å². The molecule has 0 unspecified atom stereocenters. The van der Waals surface area contributed by atoms with Crippen molar-refractivity contribution in [2.75, 3.05) is 13.2 Å². The second kappa shape index (κ2) is 6.33. The topological polar surface area (TPSA) is 98.9 Å². The molecule has 1 aromatic carbocycles. The van der Waals surface area contributed by atoms with Crippen LogP contribution in [0.1, 0.15) is 31.1 Å². The van der Waals surface area contributed by atoms with E-state index in [4.69, 9.17) is 14.6 Å². The Morgan fingerprint density at radius 2 is 2.00 bits per heavy atom. The van der Waals surface area contributed by atoms with E-state index in [9.17, 15) is 14.9 Å². The van der Waals surface area contributed by atoms with E-state index in [1.807, 2.05) is 20.8 Å². The molecule has 110 valence electrons. The maximum atomic E-state index is 11.0. The summed E-state index contributed by atoms with van der Waals surface area (Å²) in [6, 6.07) is 3.93. The Bertz CT molecular complexity index is 506. The van der Waals surface area contributed by atoms with E-state index in [1.54, 1.807) is 0 Å². The molecular weight excluding hydrogens is 266 g/mol. The summed E-state index contributed by atoms with van der Waals surface area (Å²) >= 11 is 0. The molecule has 0 heterocycles. The second-order valence-corrected chi connectivity index (χ2v) is 5.02. The molecule has 1 aromatic rings. The smallest absolute Gasteiger partial charge is 0.342 e. The highest BCUT2D eigenvalue weighted by Gasteiger charge is 2.25. The number of ether oxygens (including phenoxy) is 2. The van der Waals surface area contributed by atoms with Crippen molar-refractivity contribution in [1.29, 1.82) is 0 Å². The molecule has 0 radical (unpaired) electrons. The zero-order valence-electron chi connectivity index (χ0n) is 11.6. The Kier molecular flexibility index (Phi) is 5.04. The number of carboxylic acids is 1. The maximum absolute atomic E-state index is 11.0. The molecule has 0 aliphatic heterocycles. The number of nitro benzene ring substituents is 1. The van der Waals surface area contributed by atoms with Gasteiger partial charge in [-0.1, -0.05) is 6.07 Å². The first-order valence-corrected chi connectivity index (χ1v) is 6.00. The van der Waals surface area contributed by atoms with E-state index in [-0.39, 0.29) is 24.6 Å². The van der Waals surface area contributed by atoms with Crippen molar-refractivity contribution < 1.29 is 24.3 Å². The van der Waals surface area contributed by atoms with Gasteiger partial charge in [-0.15, -0.1) is 0 Å². The summed E-state index contributed by atoms with van der Waals surface area (Å²) in [6.45, 7) is 5.97. The number of benzene rings is 1. The first-order chi connectivity index (χ1) is 9.22. The number of carbonyl (C=O) groups is 1. The van der Waals surface area contributed by atoms with Crippen molar-refractivity contribution in [2.45, 2.75) is 26.4 Å². The van der Waals surface area contributed by atoms with Crippen LogP contribution in [0.2, 0.25) is 0 Å². The van der Waals surface area contributed by atoms with Gasteiger partial charge in [0.05, 0.1) is 17.1 Å². The monoisotopic (exact) mass is 283 g/mol. The molecule has 1 N–H and O–H groups in total. The third-order valence-corrected chi connectivity index (χ3v) is 2.29. The number of para-hydroxylation sites is 1. The summed E-state index contributed by atoms with van der Waals surface area (Å²) in [4.78, 5) is 21.2. The van der Waals surface area contributed by atoms with Crippen LogP contribution in [0.4, 0.5) is 5.69 Å². The molecule has 0 saturated heterocycles. The number of nitrogens with zero attached hydrogens (tertiary/aromatic N) is 1. The van der Waals surface area contributed by atoms with Crippen molar-refractivity contribution in [3.63, 3.8) is 0 Å². The van der Waals surface area contributed by atoms with Crippen molar-refractivity contribution in [3.8, 4) is 5.75 Å². The standard InChI is InChI=1S/C13H17NO6/c1-13(2,3)20-8-7-19-10-6-4-5-9(12(15)16)11(10)14(17)18/h4-6H,7-8H2,1-3H3,(H,15,16). The van der Waals surface area contributed by atoms with Crippen molar-refractivity contribution >= 4 is 11.7 Å². The van der Waals surface area contributed by atoms with Gasteiger partial charge < -0.3 is 14.6 Å². The molecule has 7 heteroatoms. The summed E-state index contributed by atoms with van der Waals surface area (Å²) in [6.07, 6.45) is 0. The Morgan fingerprint density at radius 1 is 1.35 bits per heavy atom. The van der Waals surface area contributed by atoms with Crippen LogP contribution in [0.15, 0.2) is 18.2 Å². The van der Waals surface area contributed by atoms with E-state index in [2.05, 4.69) is 0 Å². The van der Waals surface area contributed by atoms with Gasteiger partial charge in [-0.25, -0.2) is 4.79 Å². The van der Waals surface area contributed by atoms with Crippen LogP contribution in [-0.4, -0.2) is 34.8 Å². The molecule has 0 atom stereocenters. The fourth-order valence-electron chi connectivity index (χ4n) is 1.50. The Hall–Kier alpha value is -2.15. The lowest BCUT2D eigenvalue weighted by molar-refractivity contribution is -0.386. The summed E-state index contributed by atoms with van der Waals surface area (Å²) in [5.41, 5.74) is -1.28. The Labute approximate surface area is 116 Å². The fourth-order valence-corrected chi connectivity index (χ4v) is 1.50. The summed E-state index contributed by atoms with van der Waals surface area (Å²) in [5.74, 6) is -1.44. The lowest BCUT2D eigenvalue weighted by atomic mass is 10.1. The third-order valence-electron chi connectivity index (χ3n) is 2.29. The van der Waals surface area contributed by atoms with Gasteiger partial charge in [0.15, 0.2) is 5.75 Å². The van der Waals surface area contributed by atoms with Crippen LogP contribution in [0.5, 0.6) is 5.75 Å². The minimum Gasteiger partial charge on any atom is -0.484 e. The zero-order chi connectivity index (χ0) is 15.3. The van der Waals surface area contributed by atoms with Crippen LogP contribution in [0.25, 0.3) is 0 Å². The minimum atomic E-state index is -1.37. The molecule has 0 aliphatic carbocycles. The van der Waals surface area contributed by atoms with Crippen LogP contribution in [0, 0.1) is 10.1 Å². The zero-order valence-corrected chi connectivity index (χ0v) is 11.6. The first-order valence-electron chi connectivity index (χ1n) is 6.00. The van der Waals surface area contributed by atoms with E-state index < -0.39 is 22.1 Å². The normalized spacial score (nSPS) is 11.2. The molecule has 0 saturated carbocycles. The van der Waals surface area contributed by atoms with Crippen molar-refractivity contribution in [2.24, 2.45) is 0 Å². The lowest BCUT2D eigenvalue weighted by Gasteiger charge is -2.19. The SMILES string of the molecule is CC(C)(C)OCCOc1cccc(C(=O)O)c1[N+](=O)[O-]. The fraction of sp³-hybridized carbons (Fsp3) is 0.462. The van der Waals surface area contributed by atoms with Gasteiger partial charge in [-0.05, 0) is 32.9 Å². The number of aromatic carboxylic acids is 1. The molecule has 20 heavy (non-hydrogen) atoms. The maximum Gasteiger partial charge on any atom is 0.342 e. The summed E-state index contributed by atoms with van der Waals surface area (Å²) in [7, 11) is 0. The summed E-state index contributed by atoms with van der Waals surface area (Å²) in [5, 5.41) is 19.9. The Morgan fingerprint density at radius 3 is 2.50 bits per heavy atom. The van der Waals surface area contributed by atoms with E-state index in [0.717, 1.165) is 0 Å². The average molecular weight is 283 g/mol. The molecule has 7 nitrogen and oxygen atoms in total. The first kappa shape index (κ1) is 15.9. The van der Waals surface area contributed by atoms with Gasteiger partial charge in [0.25, 0.3) is 0 Å². The number of rotatable bonds is 6. The molecular formula is C13H17NO6. The van der Waals surface area contributed by atoms with Crippen LogP contribution >= 0.6 is 0 Å². The summed E-state index contributed by atoms with van der Waals surface area (Å²) < 4.78 is 10.7. The van der Waals surface area contributed by atoms with Crippen LogP contribution in [-0.2, 0) is 4.74 Å². The molecule has 1 rings (SSSR count). The number of hydrogen-bond acceptors (Lipinski definition) is 5. The number of hydrogen-bond donors (Lipinski definition) is 1. The number of nitro groups is 1. The highest BCUT2D eigenvalue weighted by Crippen LogP contribution is 2.30. The highest BCUT2D eigenvalue weighted by molar-refractivity contribution is 5.93. The van der Waals surface area contributed by atoms with Gasteiger partial charge in [0.1, 0.15) is 12.2 Å². The largest absolute Gasteiger partial charge is 0.484 e. The van der Waals surface area contributed by atoms with E-state index in [1.165, 1.54) is 18.2 Å². The Balaban J connectivity index is 2.82. The molecule has 0 fully saturated rings. The predicted molar refractivity (Wildman–Crippen MR) is 71.3 cm³/mol. The molecule has 0 aromatic heterocycles. The third kappa shape index (κ3) is 4.51. The molecule has 0 aliphatic rings. The number of carboxylic acid groups (broad SMARTS) is 1. The highest BCUT2D eigenvalue weighted by atomic mass is 16.6. The van der Waals surface area contributed by atoms with Crippen molar-refractivity contribution in [1.82, 2.24) is 0 Å². The molecule has 0 bridgehead atoms. The van der Waals surface area contributed by atoms with Crippen molar-refractivity contribution in [3.05, 3.63) is 33.9 Å². The minimum absolute atomic E-state index is 0.0765. The quantitative estimate of drug-likeness (QED) is 0.489. The van der Waals surface area contributed by atoms with Crippen LogP contribution < -0.4 is 4.74 Å². The van der Waals surface area contributed by atoms with Gasteiger partial charge >= 0.3 is 11.7 Å².